The fourth-order valence-electron chi connectivity index (χ4n) is 1.93. The van der Waals surface area contributed by atoms with E-state index >= 15 is 0 Å². The molecule has 0 amide bonds. The summed E-state index contributed by atoms with van der Waals surface area (Å²) in [6.45, 7) is 1.78. The highest BCUT2D eigenvalue weighted by molar-refractivity contribution is 7.98. The summed E-state index contributed by atoms with van der Waals surface area (Å²) in [4.78, 5) is 15.5. The van der Waals surface area contributed by atoms with Gasteiger partial charge in [0.15, 0.2) is 5.16 Å². The van der Waals surface area contributed by atoms with Crippen LogP contribution in [0.25, 0.3) is 0 Å². The van der Waals surface area contributed by atoms with Gasteiger partial charge in [-0.1, -0.05) is 11.8 Å². The van der Waals surface area contributed by atoms with Gasteiger partial charge < -0.3 is 14.4 Å². The van der Waals surface area contributed by atoms with Gasteiger partial charge >= 0.3 is 0 Å². The predicted molar refractivity (Wildman–Crippen MR) is 65.2 cm³/mol. The maximum Gasteiger partial charge on any atom is 0.276 e. The monoisotopic (exact) mass is 256 g/mol. The average molecular weight is 256 g/mol. The SMILES string of the molecule is CSc1nc(=O)c(C)cn1[C@H]1CC[C@@H](CO)O1. The van der Waals surface area contributed by atoms with Crippen LogP contribution in [0.3, 0.4) is 0 Å². The molecule has 2 rings (SSSR count). The molecule has 17 heavy (non-hydrogen) atoms. The van der Waals surface area contributed by atoms with Crippen molar-refractivity contribution in [3.63, 3.8) is 0 Å². The van der Waals surface area contributed by atoms with E-state index in [0.717, 1.165) is 12.8 Å². The Kier molecular flexibility index (Phi) is 3.86. The summed E-state index contributed by atoms with van der Waals surface area (Å²) in [7, 11) is 0. The number of aryl methyl sites for hydroxylation is 1. The first-order valence-corrected chi connectivity index (χ1v) is 6.78. The zero-order valence-corrected chi connectivity index (χ0v) is 10.7. The average Bonchev–Trinajstić information content (AvgIpc) is 2.80. The molecule has 0 spiro atoms. The van der Waals surface area contributed by atoms with Gasteiger partial charge in [-0.05, 0) is 26.0 Å². The number of ether oxygens (including phenoxy) is 1. The highest BCUT2D eigenvalue weighted by atomic mass is 32.2. The molecule has 1 aromatic rings. The lowest BCUT2D eigenvalue weighted by molar-refractivity contribution is -0.0273. The third-order valence-corrected chi connectivity index (χ3v) is 3.54. The molecule has 1 aliphatic rings. The first-order chi connectivity index (χ1) is 8.15. The number of hydrogen-bond acceptors (Lipinski definition) is 5. The molecule has 1 N–H and O–H groups in total. The van der Waals surface area contributed by atoms with E-state index in [1.165, 1.54) is 11.8 Å². The van der Waals surface area contributed by atoms with Crippen LogP contribution in [0.2, 0.25) is 0 Å². The topological polar surface area (TPSA) is 64.4 Å². The van der Waals surface area contributed by atoms with Gasteiger partial charge in [0.05, 0.1) is 12.7 Å². The summed E-state index contributed by atoms with van der Waals surface area (Å²) in [5.41, 5.74) is 0.418. The summed E-state index contributed by atoms with van der Waals surface area (Å²) >= 11 is 1.42. The first-order valence-electron chi connectivity index (χ1n) is 5.55. The maximum absolute atomic E-state index is 11.5. The minimum atomic E-state index is -0.192. The Balaban J connectivity index is 2.32. The van der Waals surface area contributed by atoms with Crippen LogP contribution in [0.5, 0.6) is 0 Å². The molecule has 1 aromatic heterocycles. The Labute approximate surface area is 104 Å². The third-order valence-electron chi connectivity index (χ3n) is 2.87. The zero-order valence-electron chi connectivity index (χ0n) is 9.92. The third kappa shape index (κ3) is 2.53. The minimum absolute atomic E-state index is 0.0394. The van der Waals surface area contributed by atoms with Gasteiger partial charge in [0.2, 0.25) is 0 Å². The molecule has 0 unspecified atom stereocenters. The Bertz CT molecular complexity index is 461. The van der Waals surface area contributed by atoms with Crippen molar-refractivity contribution in [1.82, 2.24) is 9.55 Å². The summed E-state index contributed by atoms with van der Waals surface area (Å²) in [5, 5.41) is 9.71. The fraction of sp³-hybridized carbons (Fsp3) is 0.636. The number of rotatable bonds is 3. The molecule has 0 aliphatic carbocycles. The molecule has 0 radical (unpaired) electrons. The number of aliphatic hydroxyl groups excluding tert-OH is 1. The smallest absolute Gasteiger partial charge is 0.276 e. The van der Waals surface area contributed by atoms with Crippen LogP contribution >= 0.6 is 11.8 Å². The fourth-order valence-corrected chi connectivity index (χ4v) is 2.49. The Morgan fingerprint density at radius 1 is 1.65 bits per heavy atom. The Morgan fingerprint density at radius 3 is 3.00 bits per heavy atom. The predicted octanol–water partition coefficient (Wildman–Crippen LogP) is 0.944. The molecule has 6 heteroatoms. The molecule has 2 atom stereocenters. The van der Waals surface area contributed by atoms with Crippen molar-refractivity contribution < 1.29 is 9.84 Å². The highest BCUT2D eigenvalue weighted by Gasteiger charge is 2.27. The van der Waals surface area contributed by atoms with Gasteiger partial charge in [-0.3, -0.25) is 4.79 Å². The summed E-state index contributed by atoms with van der Waals surface area (Å²) < 4.78 is 7.58. The number of hydrogen-bond donors (Lipinski definition) is 1. The molecular weight excluding hydrogens is 240 g/mol. The lowest BCUT2D eigenvalue weighted by Crippen LogP contribution is -2.21. The molecule has 1 aliphatic heterocycles. The standard InChI is InChI=1S/C11H16N2O3S/c1-7-5-13(11(17-2)12-10(7)15)9-4-3-8(6-14)16-9/h5,8-9,14H,3-4,6H2,1-2H3/t8-,9+/m0/s1. The van der Waals surface area contributed by atoms with E-state index in [1.54, 1.807) is 13.1 Å². The van der Waals surface area contributed by atoms with Crippen molar-refractivity contribution in [2.45, 2.75) is 37.3 Å². The normalized spacial score (nSPS) is 24.2. The quantitative estimate of drug-likeness (QED) is 0.644. The van der Waals surface area contributed by atoms with Gasteiger partial charge in [-0.15, -0.1) is 0 Å². The van der Waals surface area contributed by atoms with Crippen LogP contribution in [0.1, 0.15) is 24.6 Å². The van der Waals surface area contributed by atoms with E-state index < -0.39 is 0 Å². The van der Waals surface area contributed by atoms with E-state index in [4.69, 9.17) is 9.84 Å². The molecule has 0 aromatic carbocycles. The number of aliphatic hydroxyl groups is 1. The van der Waals surface area contributed by atoms with E-state index in [1.807, 2.05) is 10.8 Å². The lowest BCUT2D eigenvalue weighted by atomic mass is 10.2. The van der Waals surface area contributed by atoms with Crippen molar-refractivity contribution in [2.24, 2.45) is 0 Å². The molecule has 1 saturated heterocycles. The molecule has 5 nitrogen and oxygen atoms in total. The van der Waals surface area contributed by atoms with Gasteiger partial charge in [0.1, 0.15) is 6.23 Å². The second-order valence-corrected chi connectivity index (χ2v) is 4.87. The van der Waals surface area contributed by atoms with E-state index in [-0.39, 0.29) is 24.5 Å². The van der Waals surface area contributed by atoms with Crippen molar-refractivity contribution in [1.29, 1.82) is 0 Å². The number of aromatic nitrogens is 2. The van der Waals surface area contributed by atoms with Gasteiger partial charge in [-0.25, -0.2) is 0 Å². The van der Waals surface area contributed by atoms with Gasteiger partial charge in [0.25, 0.3) is 5.56 Å². The molecule has 0 bridgehead atoms. The van der Waals surface area contributed by atoms with Crippen molar-refractivity contribution in [2.75, 3.05) is 12.9 Å². The van der Waals surface area contributed by atoms with E-state index in [9.17, 15) is 4.79 Å². The van der Waals surface area contributed by atoms with Crippen LogP contribution in [-0.2, 0) is 4.74 Å². The zero-order chi connectivity index (χ0) is 12.4. The lowest BCUT2D eigenvalue weighted by Gasteiger charge is -2.18. The second kappa shape index (κ2) is 5.20. The summed E-state index contributed by atoms with van der Waals surface area (Å²) in [5.74, 6) is 0. The molecule has 94 valence electrons. The van der Waals surface area contributed by atoms with Crippen LogP contribution in [0.15, 0.2) is 16.1 Å². The van der Waals surface area contributed by atoms with Crippen molar-refractivity contribution in [3.8, 4) is 0 Å². The first kappa shape index (κ1) is 12.6. The van der Waals surface area contributed by atoms with Crippen molar-refractivity contribution >= 4 is 11.8 Å². The van der Waals surface area contributed by atoms with Crippen LogP contribution in [-0.4, -0.2) is 33.6 Å². The van der Waals surface area contributed by atoms with Crippen LogP contribution in [0, 0.1) is 6.92 Å². The molecule has 2 heterocycles. The maximum atomic E-state index is 11.5. The van der Waals surface area contributed by atoms with Crippen LogP contribution < -0.4 is 5.56 Å². The Hall–Kier alpha value is -0.850. The number of thioether (sulfide) groups is 1. The molecule has 1 fully saturated rings. The Morgan fingerprint density at radius 2 is 2.41 bits per heavy atom. The van der Waals surface area contributed by atoms with Gasteiger partial charge in [-0.2, -0.15) is 4.98 Å². The highest BCUT2D eigenvalue weighted by Crippen LogP contribution is 2.30. The van der Waals surface area contributed by atoms with Crippen LogP contribution in [0.4, 0.5) is 0 Å². The molecular formula is C11H16N2O3S. The largest absolute Gasteiger partial charge is 0.394 e. The van der Waals surface area contributed by atoms with E-state index in [2.05, 4.69) is 4.98 Å². The number of nitrogens with zero attached hydrogens (tertiary/aromatic N) is 2. The molecule has 0 saturated carbocycles. The van der Waals surface area contributed by atoms with Gasteiger partial charge in [0, 0.05) is 11.8 Å². The van der Waals surface area contributed by atoms with Crippen molar-refractivity contribution in [3.05, 3.63) is 22.1 Å². The minimum Gasteiger partial charge on any atom is -0.394 e. The summed E-state index contributed by atoms with van der Waals surface area (Å²) in [6, 6.07) is 0. The second-order valence-electron chi connectivity index (χ2n) is 4.10. The summed E-state index contributed by atoms with van der Waals surface area (Å²) in [6.07, 6.45) is 5.11. The van der Waals surface area contributed by atoms with E-state index in [0.29, 0.717) is 10.7 Å².